The van der Waals surface area contributed by atoms with Gasteiger partial charge < -0.3 is 4.74 Å². The van der Waals surface area contributed by atoms with Crippen molar-refractivity contribution in [2.75, 3.05) is 6.61 Å². The van der Waals surface area contributed by atoms with E-state index in [-0.39, 0.29) is 0 Å². The van der Waals surface area contributed by atoms with E-state index in [1.807, 2.05) is 31.2 Å². The van der Waals surface area contributed by atoms with Crippen LogP contribution in [0.25, 0.3) is 11.3 Å². The summed E-state index contributed by atoms with van der Waals surface area (Å²) in [4.78, 5) is 1.66. The number of rotatable bonds is 5. The first kappa shape index (κ1) is 11.4. The molecule has 0 N–H and O–H groups in total. The molecule has 0 fully saturated rings. The van der Waals surface area contributed by atoms with Crippen molar-refractivity contribution < 1.29 is 4.74 Å². The third kappa shape index (κ3) is 2.72. The van der Waals surface area contributed by atoms with Crippen LogP contribution < -0.4 is 4.74 Å². The zero-order valence-electron chi connectivity index (χ0n) is 9.84. The first-order valence-corrected chi connectivity index (χ1v) is 5.57. The fraction of sp³-hybridized carbons (Fsp3) is 0.231. The molecule has 0 aliphatic rings. The van der Waals surface area contributed by atoms with Crippen molar-refractivity contribution in [3.05, 3.63) is 43.1 Å². The molecule has 0 aliphatic carbocycles. The Bertz CT molecular complexity index is 488. The zero-order chi connectivity index (χ0) is 12.1. The summed E-state index contributed by atoms with van der Waals surface area (Å²) < 4.78 is 5.41. The highest BCUT2D eigenvalue weighted by atomic mass is 16.5. The van der Waals surface area contributed by atoms with Crippen LogP contribution in [-0.4, -0.2) is 21.6 Å². The van der Waals surface area contributed by atoms with Gasteiger partial charge in [-0.15, -0.1) is 0 Å². The molecule has 0 bridgehead atoms. The van der Waals surface area contributed by atoms with Gasteiger partial charge in [0.2, 0.25) is 0 Å². The van der Waals surface area contributed by atoms with Gasteiger partial charge in [0.1, 0.15) is 18.1 Å². The van der Waals surface area contributed by atoms with E-state index >= 15 is 0 Å². The number of benzene rings is 1. The van der Waals surface area contributed by atoms with E-state index in [4.69, 9.17) is 4.74 Å². The van der Waals surface area contributed by atoms with Crippen LogP contribution in [0, 0.1) is 0 Å². The second-order valence-corrected chi connectivity index (χ2v) is 3.54. The lowest BCUT2D eigenvalue weighted by atomic mass is 10.2. The third-order valence-electron chi connectivity index (χ3n) is 2.34. The lowest BCUT2D eigenvalue weighted by molar-refractivity contribution is 0.363. The molecule has 0 unspecified atom stereocenters. The Morgan fingerprint density at radius 1 is 1.35 bits per heavy atom. The highest BCUT2D eigenvalue weighted by molar-refractivity contribution is 5.58. The van der Waals surface area contributed by atoms with Crippen LogP contribution in [0.2, 0.25) is 0 Å². The summed E-state index contributed by atoms with van der Waals surface area (Å²) in [5.74, 6) is 0.830. The predicted molar refractivity (Wildman–Crippen MR) is 66.8 cm³/mol. The average molecular weight is 229 g/mol. The van der Waals surface area contributed by atoms with Crippen molar-refractivity contribution in [2.24, 2.45) is 0 Å². The number of hydrogen-bond donors (Lipinski definition) is 0. The normalized spacial score (nSPS) is 10.2. The van der Waals surface area contributed by atoms with E-state index in [1.165, 1.54) is 0 Å². The molecule has 1 aromatic carbocycles. The summed E-state index contributed by atoms with van der Waals surface area (Å²) in [6.45, 7) is 6.91. The molecule has 0 atom stereocenters. The lowest BCUT2D eigenvalue weighted by Gasteiger charge is -2.03. The highest BCUT2D eigenvalue weighted by Crippen LogP contribution is 2.19. The molecule has 1 heterocycles. The van der Waals surface area contributed by atoms with Crippen LogP contribution in [0.15, 0.2) is 43.1 Å². The molecule has 0 radical (unpaired) electrons. The van der Waals surface area contributed by atoms with Crippen molar-refractivity contribution in [2.45, 2.75) is 13.5 Å². The van der Waals surface area contributed by atoms with Gasteiger partial charge >= 0.3 is 0 Å². The van der Waals surface area contributed by atoms with E-state index in [1.54, 1.807) is 17.1 Å². The molecule has 0 saturated carbocycles. The first-order valence-electron chi connectivity index (χ1n) is 5.57. The van der Waals surface area contributed by atoms with Gasteiger partial charge in [0.15, 0.2) is 0 Å². The van der Waals surface area contributed by atoms with E-state index in [0.717, 1.165) is 23.6 Å². The van der Waals surface area contributed by atoms with Crippen LogP contribution in [0.1, 0.15) is 6.92 Å². The Morgan fingerprint density at radius 2 is 2.12 bits per heavy atom. The Balaban J connectivity index is 2.14. The predicted octanol–water partition coefficient (Wildman–Crippen LogP) is 2.53. The van der Waals surface area contributed by atoms with Gasteiger partial charge in [-0.1, -0.05) is 12.7 Å². The largest absolute Gasteiger partial charge is 0.490 e. The first-order chi connectivity index (χ1) is 8.33. The molecule has 4 heteroatoms. The number of nitrogens with zero attached hydrogens (tertiary/aromatic N) is 3. The van der Waals surface area contributed by atoms with Crippen molar-refractivity contribution in [3.8, 4) is 17.0 Å². The van der Waals surface area contributed by atoms with Gasteiger partial charge in [0.25, 0.3) is 0 Å². The van der Waals surface area contributed by atoms with Crippen molar-refractivity contribution in [1.29, 1.82) is 0 Å². The van der Waals surface area contributed by atoms with Gasteiger partial charge in [0.05, 0.1) is 12.7 Å². The average Bonchev–Trinajstić information content (AvgIpc) is 2.86. The summed E-state index contributed by atoms with van der Waals surface area (Å²) >= 11 is 0. The van der Waals surface area contributed by atoms with E-state index in [0.29, 0.717) is 6.61 Å². The third-order valence-corrected chi connectivity index (χ3v) is 2.34. The summed E-state index contributed by atoms with van der Waals surface area (Å²) in [6.07, 6.45) is 3.49. The Kier molecular flexibility index (Phi) is 3.55. The molecular weight excluding hydrogens is 214 g/mol. The van der Waals surface area contributed by atoms with Gasteiger partial charge in [0, 0.05) is 5.56 Å². The quantitative estimate of drug-likeness (QED) is 0.740. The molecule has 0 saturated heterocycles. The molecule has 0 spiro atoms. The maximum absolute atomic E-state index is 5.41. The molecule has 2 aromatic rings. The molecule has 2 rings (SSSR count). The Morgan fingerprint density at radius 3 is 2.71 bits per heavy atom. The van der Waals surface area contributed by atoms with Crippen molar-refractivity contribution >= 4 is 0 Å². The molecule has 17 heavy (non-hydrogen) atoms. The number of ether oxygens (including phenoxy) is 1. The van der Waals surface area contributed by atoms with Crippen molar-refractivity contribution in [3.63, 3.8) is 0 Å². The Labute approximate surface area is 101 Å². The van der Waals surface area contributed by atoms with E-state index < -0.39 is 0 Å². The summed E-state index contributed by atoms with van der Waals surface area (Å²) in [7, 11) is 0. The van der Waals surface area contributed by atoms with Gasteiger partial charge in [-0.2, -0.15) is 15.0 Å². The second-order valence-electron chi connectivity index (χ2n) is 3.54. The van der Waals surface area contributed by atoms with Gasteiger partial charge in [-0.25, -0.2) is 0 Å². The van der Waals surface area contributed by atoms with Crippen LogP contribution >= 0.6 is 0 Å². The van der Waals surface area contributed by atoms with E-state index in [9.17, 15) is 0 Å². The number of aryl methyl sites for hydroxylation is 1. The molecule has 0 amide bonds. The standard InChI is InChI=1S/C13H15N3O/c1-3-9-17-12-7-5-11(6-8-12)13-10-14-16(4-2)15-13/h3,5-8,10H,1,4,9H2,2H3. The lowest BCUT2D eigenvalue weighted by Crippen LogP contribution is -1.98. The summed E-state index contributed by atoms with van der Waals surface area (Å²) in [5.41, 5.74) is 1.91. The smallest absolute Gasteiger partial charge is 0.119 e. The maximum Gasteiger partial charge on any atom is 0.119 e. The van der Waals surface area contributed by atoms with Crippen LogP contribution in [-0.2, 0) is 6.54 Å². The van der Waals surface area contributed by atoms with Crippen LogP contribution in [0.4, 0.5) is 0 Å². The molecule has 88 valence electrons. The van der Waals surface area contributed by atoms with Crippen molar-refractivity contribution in [1.82, 2.24) is 15.0 Å². The number of hydrogen-bond acceptors (Lipinski definition) is 3. The zero-order valence-corrected chi connectivity index (χ0v) is 9.84. The van der Waals surface area contributed by atoms with Gasteiger partial charge in [-0.3, -0.25) is 0 Å². The Hall–Kier alpha value is -2.10. The second kappa shape index (κ2) is 5.30. The SMILES string of the molecule is C=CCOc1ccc(-c2cnn(CC)n2)cc1. The highest BCUT2D eigenvalue weighted by Gasteiger charge is 2.02. The fourth-order valence-corrected chi connectivity index (χ4v) is 1.46. The maximum atomic E-state index is 5.41. The van der Waals surface area contributed by atoms with Crippen LogP contribution in [0.3, 0.4) is 0 Å². The topological polar surface area (TPSA) is 39.9 Å². The molecule has 1 aromatic heterocycles. The minimum Gasteiger partial charge on any atom is -0.490 e. The molecule has 4 nitrogen and oxygen atoms in total. The minimum atomic E-state index is 0.519. The number of aromatic nitrogens is 3. The minimum absolute atomic E-state index is 0.519. The monoisotopic (exact) mass is 229 g/mol. The fourth-order valence-electron chi connectivity index (χ4n) is 1.46. The van der Waals surface area contributed by atoms with Crippen LogP contribution in [0.5, 0.6) is 5.75 Å². The molecular formula is C13H15N3O. The summed E-state index contributed by atoms with van der Waals surface area (Å²) in [6, 6.07) is 7.79. The summed E-state index contributed by atoms with van der Waals surface area (Å²) in [5, 5.41) is 8.48. The van der Waals surface area contributed by atoms with Gasteiger partial charge in [-0.05, 0) is 31.2 Å². The van der Waals surface area contributed by atoms with E-state index in [2.05, 4.69) is 16.8 Å². The molecule has 0 aliphatic heterocycles.